The highest BCUT2D eigenvalue weighted by Gasteiger charge is 2.31. The number of amides is 2. The minimum absolute atomic E-state index is 0.0552. The van der Waals surface area contributed by atoms with Gasteiger partial charge in [-0.2, -0.15) is 0 Å². The molecule has 4 rings (SSSR count). The first-order chi connectivity index (χ1) is 13.2. The van der Waals surface area contributed by atoms with Gasteiger partial charge in [0.1, 0.15) is 0 Å². The second-order valence-corrected chi connectivity index (χ2v) is 8.56. The number of rotatable bonds is 4. The van der Waals surface area contributed by atoms with Crippen molar-refractivity contribution in [3.05, 3.63) is 52.2 Å². The van der Waals surface area contributed by atoms with Crippen LogP contribution in [-0.2, 0) is 4.79 Å². The SMILES string of the molecule is O=C(Nc1cccc(C(=O)N2CCCC2c2cccs2)c1)C1CCCCC1. The smallest absolute Gasteiger partial charge is 0.254 e. The minimum Gasteiger partial charge on any atom is -0.331 e. The van der Waals surface area contributed by atoms with Crippen LogP contribution < -0.4 is 5.32 Å². The molecule has 1 N–H and O–H groups in total. The molecule has 2 amide bonds. The fourth-order valence-electron chi connectivity index (χ4n) is 4.29. The van der Waals surface area contributed by atoms with E-state index in [0.29, 0.717) is 5.56 Å². The van der Waals surface area contributed by atoms with Crippen LogP contribution in [0, 0.1) is 5.92 Å². The van der Waals surface area contributed by atoms with Crippen molar-refractivity contribution in [1.29, 1.82) is 0 Å². The molecule has 2 fully saturated rings. The van der Waals surface area contributed by atoms with Crippen LogP contribution in [0.5, 0.6) is 0 Å². The standard InChI is InChI=1S/C22H26N2O2S/c25-21(16-7-2-1-3-8-16)23-18-10-4-9-17(15-18)22(26)24-13-5-11-19(24)20-12-6-14-27-20/h4,6,9-10,12,14-16,19H,1-3,5,7-8,11,13H2,(H,23,25). The molecule has 4 nitrogen and oxygen atoms in total. The lowest BCUT2D eigenvalue weighted by Gasteiger charge is -2.24. The van der Waals surface area contributed by atoms with E-state index in [2.05, 4.69) is 16.8 Å². The first kappa shape index (κ1) is 18.2. The van der Waals surface area contributed by atoms with Crippen molar-refractivity contribution in [2.24, 2.45) is 5.92 Å². The van der Waals surface area contributed by atoms with Gasteiger partial charge in [-0.25, -0.2) is 0 Å². The Balaban J connectivity index is 1.46. The maximum atomic E-state index is 13.1. The summed E-state index contributed by atoms with van der Waals surface area (Å²) in [6.45, 7) is 0.792. The number of nitrogens with zero attached hydrogens (tertiary/aromatic N) is 1. The number of anilines is 1. The summed E-state index contributed by atoms with van der Waals surface area (Å²) in [6.07, 6.45) is 7.50. The lowest BCUT2D eigenvalue weighted by Crippen LogP contribution is -2.30. The predicted molar refractivity (Wildman–Crippen MR) is 109 cm³/mol. The lowest BCUT2D eigenvalue weighted by atomic mass is 9.88. The van der Waals surface area contributed by atoms with Crippen LogP contribution in [0.2, 0.25) is 0 Å². The van der Waals surface area contributed by atoms with Gasteiger partial charge in [-0.15, -0.1) is 11.3 Å². The number of hydrogen-bond acceptors (Lipinski definition) is 3. The van der Waals surface area contributed by atoms with E-state index in [4.69, 9.17) is 0 Å². The van der Waals surface area contributed by atoms with Gasteiger partial charge in [0.05, 0.1) is 6.04 Å². The molecule has 1 aliphatic heterocycles. The van der Waals surface area contributed by atoms with Gasteiger partial charge >= 0.3 is 0 Å². The lowest BCUT2D eigenvalue weighted by molar-refractivity contribution is -0.120. The largest absolute Gasteiger partial charge is 0.331 e. The van der Waals surface area contributed by atoms with Crippen molar-refractivity contribution in [1.82, 2.24) is 4.90 Å². The molecule has 5 heteroatoms. The Hall–Kier alpha value is -2.14. The topological polar surface area (TPSA) is 49.4 Å². The summed E-state index contributed by atoms with van der Waals surface area (Å²) in [5, 5.41) is 5.10. The van der Waals surface area contributed by atoms with Crippen molar-refractivity contribution in [3.63, 3.8) is 0 Å². The zero-order chi connectivity index (χ0) is 18.6. The van der Waals surface area contributed by atoms with Gasteiger partial charge < -0.3 is 10.2 Å². The molecule has 1 saturated carbocycles. The fourth-order valence-corrected chi connectivity index (χ4v) is 5.16. The van der Waals surface area contributed by atoms with Gasteiger partial charge in [-0.3, -0.25) is 9.59 Å². The maximum Gasteiger partial charge on any atom is 0.254 e. The number of thiophene rings is 1. The van der Waals surface area contributed by atoms with E-state index in [9.17, 15) is 9.59 Å². The Bertz CT molecular complexity index is 796. The summed E-state index contributed by atoms with van der Waals surface area (Å²) in [5.41, 5.74) is 1.38. The normalized spacial score (nSPS) is 20.6. The van der Waals surface area contributed by atoms with Gasteiger partial charge in [-0.1, -0.05) is 31.4 Å². The van der Waals surface area contributed by atoms with Gasteiger partial charge in [0.2, 0.25) is 5.91 Å². The zero-order valence-corrected chi connectivity index (χ0v) is 16.3. The Morgan fingerprint density at radius 3 is 2.63 bits per heavy atom. The summed E-state index contributed by atoms with van der Waals surface area (Å²) in [7, 11) is 0. The first-order valence-electron chi connectivity index (χ1n) is 9.97. The van der Waals surface area contributed by atoms with Crippen LogP contribution >= 0.6 is 11.3 Å². The molecule has 1 unspecified atom stereocenters. The quantitative estimate of drug-likeness (QED) is 0.786. The van der Waals surface area contributed by atoms with E-state index < -0.39 is 0 Å². The minimum atomic E-state index is 0.0552. The monoisotopic (exact) mass is 382 g/mol. The van der Waals surface area contributed by atoms with E-state index in [0.717, 1.165) is 50.8 Å². The molecule has 2 heterocycles. The van der Waals surface area contributed by atoms with Gasteiger partial charge in [-0.05, 0) is 55.3 Å². The molecule has 2 aromatic rings. The molecule has 1 aliphatic carbocycles. The maximum absolute atomic E-state index is 13.1. The Labute approximate surface area is 164 Å². The fraction of sp³-hybridized carbons (Fsp3) is 0.455. The molecular formula is C22H26N2O2S. The summed E-state index contributed by atoms with van der Waals surface area (Å²) >= 11 is 1.71. The number of nitrogens with one attached hydrogen (secondary N) is 1. The molecular weight excluding hydrogens is 356 g/mol. The van der Waals surface area contributed by atoms with Crippen LogP contribution in [0.15, 0.2) is 41.8 Å². The molecule has 1 saturated heterocycles. The number of carbonyl (C=O) groups excluding carboxylic acids is 2. The molecule has 1 aromatic carbocycles. The van der Waals surface area contributed by atoms with Crippen molar-refractivity contribution in [2.45, 2.75) is 51.0 Å². The molecule has 142 valence electrons. The molecule has 0 bridgehead atoms. The summed E-state index contributed by atoms with van der Waals surface area (Å²) < 4.78 is 0. The van der Waals surface area contributed by atoms with Crippen LogP contribution in [0.1, 0.15) is 66.2 Å². The van der Waals surface area contributed by atoms with E-state index in [-0.39, 0.29) is 23.8 Å². The highest BCUT2D eigenvalue weighted by molar-refractivity contribution is 7.10. The first-order valence-corrected chi connectivity index (χ1v) is 10.9. The molecule has 0 radical (unpaired) electrons. The summed E-state index contributed by atoms with van der Waals surface area (Å²) in [5.74, 6) is 0.261. The van der Waals surface area contributed by atoms with Crippen LogP contribution in [0.25, 0.3) is 0 Å². The average Bonchev–Trinajstić information content (AvgIpc) is 3.39. The van der Waals surface area contributed by atoms with Crippen LogP contribution in [-0.4, -0.2) is 23.3 Å². The second kappa shape index (κ2) is 8.26. The van der Waals surface area contributed by atoms with Crippen LogP contribution in [0.4, 0.5) is 5.69 Å². The number of likely N-dealkylation sites (tertiary alicyclic amines) is 1. The van der Waals surface area contributed by atoms with Crippen molar-refractivity contribution < 1.29 is 9.59 Å². The highest BCUT2D eigenvalue weighted by atomic mass is 32.1. The molecule has 27 heavy (non-hydrogen) atoms. The Kier molecular flexibility index (Phi) is 5.58. The molecule has 2 aliphatic rings. The number of hydrogen-bond donors (Lipinski definition) is 1. The van der Waals surface area contributed by atoms with E-state index in [1.165, 1.54) is 11.3 Å². The van der Waals surface area contributed by atoms with Crippen LogP contribution in [0.3, 0.4) is 0 Å². The van der Waals surface area contributed by atoms with E-state index in [1.54, 1.807) is 11.3 Å². The Morgan fingerprint density at radius 2 is 1.85 bits per heavy atom. The highest BCUT2D eigenvalue weighted by Crippen LogP contribution is 2.35. The van der Waals surface area contributed by atoms with Crippen molar-refractivity contribution in [3.8, 4) is 0 Å². The van der Waals surface area contributed by atoms with Crippen molar-refractivity contribution in [2.75, 3.05) is 11.9 Å². The Morgan fingerprint density at radius 1 is 1.00 bits per heavy atom. The third-order valence-electron chi connectivity index (χ3n) is 5.74. The van der Waals surface area contributed by atoms with Crippen molar-refractivity contribution >= 4 is 28.8 Å². The molecule has 1 aromatic heterocycles. The molecule has 0 spiro atoms. The van der Waals surface area contributed by atoms with Gasteiger partial charge in [0.25, 0.3) is 5.91 Å². The van der Waals surface area contributed by atoms with E-state index >= 15 is 0 Å². The van der Waals surface area contributed by atoms with Gasteiger partial charge in [0, 0.05) is 28.6 Å². The third kappa shape index (κ3) is 4.08. The zero-order valence-electron chi connectivity index (χ0n) is 15.5. The van der Waals surface area contributed by atoms with Gasteiger partial charge in [0.15, 0.2) is 0 Å². The average molecular weight is 383 g/mol. The number of benzene rings is 1. The number of carbonyl (C=O) groups is 2. The predicted octanol–water partition coefficient (Wildman–Crippen LogP) is 5.24. The van der Waals surface area contributed by atoms with E-state index in [1.807, 2.05) is 35.2 Å². The summed E-state index contributed by atoms with van der Waals surface area (Å²) in [6, 6.07) is 11.7. The molecule has 1 atom stereocenters. The summed E-state index contributed by atoms with van der Waals surface area (Å²) in [4.78, 5) is 28.8. The third-order valence-corrected chi connectivity index (χ3v) is 6.71. The second-order valence-electron chi connectivity index (χ2n) is 7.58.